The minimum Gasteiger partial charge on any atom is -0.318 e. The van der Waals surface area contributed by atoms with Crippen LogP contribution in [0.15, 0.2) is 17.1 Å². The third-order valence-electron chi connectivity index (χ3n) is 2.34. The van der Waals surface area contributed by atoms with Crippen LogP contribution in [0.25, 0.3) is 0 Å². The van der Waals surface area contributed by atoms with Crippen LogP contribution in [0.3, 0.4) is 0 Å². The molecule has 2 heteroatoms. The van der Waals surface area contributed by atoms with Crippen molar-refractivity contribution in [3.8, 4) is 0 Å². The molecule has 0 aromatic carbocycles. The number of rotatable bonds is 0. The molecule has 1 aliphatic carbocycles. The quantitative estimate of drug-likeness (QED) is 0.596. The zero-order chi connectivity index (χ0) is 9.84. The predicted octanol–water partition coefficient (Wildman–Crippen LogP) is 1.90. The molecule has 0 aliphatic heterocycles. The third-order valence-corrected chi connectivity index (χ3v) is 2.34. The first kappa shape index (κ1) is 10.0. The molecule has 0 saturated carbocycles. The molecule has 1 aromatic rings. The average Bonchev–Trinajstić information content (AvgIpc) is 2.63. The number of aryl methyl sites for hydroxylation is 2. The van der Waals surface area contributed by atoms with Crippen molar-refractivity contribution in [3.05, 3.63) is 33.7 Å². The molecule has 0 unspecified atom stereocenters. The van der Waals surface area contributed by atoms with Gasteiger partial charge in [-0.2, -0.15) is 0 Å². The Morgan fingerprint density at radius 2 is 2.00 bits per heavy atom. The molecule has 13 heavy (non-hydrogen) atoms. The van der Waals surface area contributed by atoms with Crippen LogP contribution in [-0.2, 0) is 19.9 Å². The minimum absolute atomic E-state index is 0.194. The molecule has 72 valence electrons. The summed E-state index contributed by atoms with van der Waals surface area (Å²) in [4.78, 5) is 11.4. The Balaban J connectivity index is 0.000000396. The maximum atomic E-state index is 11.4. The lowest BCUT2D eigenvalue weighted by atomic mass is 10.2. The lowest BCUT2D eigenvalue weighted by Crippen LogP contribution is -2.19. The molecule has 0 radical (unpaired) electrons. The van der Waals surface area contributed by atoms with Gasteiger partial charge in [0.1, 0.15) is 0 Å². The summed E-state index contributed by atoms with van der Waals surface area (Å²) in [6.45, 7) is 4.00. The molecular formula is C11H17NO. The normalized spacial score (nSPS) is 13.2. The first-order valence-electron chi connectivity index (χ1n) is 4.96. The van der Waals surface area contributed by atoms with Crippen molar-refractivity contribution >= 4 is 0 Å². The monoisotopic (exact) mass is 179 g/mol. The fourth-order valence-electron chi connectivity index (χ4n) is 1.68. The maximum Gasteiger partial charge on any atom is 0.253 e. The fraction of sp³-hybridized carbons (Fsp3) is 0.545. The van der Waals surface area contributed by atoms with Crippen LogP contribution in [0, 0.1) is 0 Å². The Hall–Kier alpha value is -1.05. The van der Waals surface area contributed by atoms with E-state index < -0.39 is 0 Å². The lowest BCUT2D eigenvalue weighted by molar-refractivity contribution is 0.835. The molecule has 1 heterocycles. The van der Waals surface area contributed by atoms with E-state index in [0.717, 1.165) is 24.8 Å². The van der Waals surface area contributed by atoms with Crippen LogP contribution in [0.4, 0.5) is 0 Å². The van der Waals surface area contributed by atoms with Crippen molar-refractivity contribution in [1.82, 2.24) is 4.57 Å². The average molecular weight is 179 g/mol. The summed E-state index contributed by atoms with van der Waals surface area (Å²) < 4.78 is 1.66. The SMILES string of the molecule is CC.Cn1ccc2c(c1=O)CCC2. The number of hydrogen-bond donors (Lipinski definition) is 0. The van der Waals surface area contributed by atoms with E-state index >= 15 is 0 Å². The van der Waals surface area contributed by atoms with Crippen LogP contribution < -0.4 is 5.56 Å². The van der Waals surface area contributed by atoms with Crippen LogP contribution >= 0.6 is 0 Å². The van der Waals surface area contributed by atoms with Crippen LogP contribution in [0.2, 0.25) is 0 Å². The highest BCUT2D eigenvalue weighted by atomic mass is 16.1. The van der Waals surface area contributed by atoms with Crippen LogP contribution in [0.5, 0.6) is 0 Å². The van der Waals surface area contributed by atoms with Gasteiger partial charge in [-0.3, -0.25) is 4.79 Å². The van der Waals surface area contributed by atoms with Crippen molar-refractivity contribution in [2.24, 2.45) is 7.05 Å². The van der Waals surface area contributed by atoms with Gasteiger partial charge < -0.3 is 4.57 Å². The van der Waals surface area contributed by atoms with Gasteiger partial charge in [-0.15, -0.1) is 0 Å². The fourth-order valence-corrected chi connectivity index (χ4v) is 1.68. The molecule has 0 spiro atoms. The maximum absolute atomic E-state index is 11.4. The highest BCUT2D eigenvalue weighted by Crippen LogP contribution is 2.16. The molecule has 1 aromatic heterocycles. The third kappa shape index (κ3) is 1.82. The van der Waals surface area contributed by atoms with E-state index in [2.05, 4.69) is 6.07 Å². The molecule has 0 N–H and O–H groups in total. The van der Waals surface area contributed by atoms with Gasteiger partial charge in [0.15, 0.2) is 0 Å². The second kappa shape index (κ2) is 4.26. The van der Waals surface area contributed by atoms with Crippen LogP contribution in [0.1, 0.15) is 31.4 Å². The summed E-state index contributed by atoms with van der Waals surface area (Å²) >= 11 is 0. The molecule has 0 bridgehead atoms. The van der Waals surface area contributed by atoms with Gasteiger partial charge >= 0.3 is 0 Å². The van der Waals surface area contributed by atoms with Gasteiger partial charge in [0.05, 0.1) is 0 Å². The molecular weight excluding hydrogens is 162 g/mol. The van der Waals surface area contributed by atoms with E-state index in [4.69, 9.17) is 0 Å². The van der Waals surface area contributed by atoms with Crippen LogP contribution in [-0.4, -0.2) is 4.57 Å². The molecule has 0 saturated heterocycles. The lowest BCUT2D eigenvalue weighted by Gasteiger charge is -2.00. The van der Waals surface area contributed by atoms with Gasteiger partial charge in [0.25, 0.3) is 5.56 Å². The minimum atomic E-state index is 0.194. The van der Waals surface area contributed by atoms with Crippen molar-refractivity contribution in [1.29, 1.82) is 0 Å². The van der Waals surface area contributed by atoms with Crippen molar-refractivity contribution in [2.45, 2.75) is 33.1 Å². The van der Waals surface area contributed by atoms with Gasteiger partial charge in [-0.05, 0) is 30.9 Å². The largest absolute Gasteiger partial charge is 0.318 e. The van der Waals surface area contributed by atoms with Crippen molar-refractivity contribution in [3.63, 3.8) is 0 Å². The molecule has 2 rings (SSSR count). The number of fused-ring (bicyclic) bond motifs is 1. The Morgan fingerprint density at radius 1 is 1.31 bits per heavy atom. The molecule has 0 atom stereocenters. The van der Waals surface area contributed by atoms with Gasteiger partial charge in [0.2, 0.25) is 0 Å². The first-order chi connectivity index (χ1) is 6.29. The summed E-state index contributed by atoms with van der Waals surface area (Å²) in [7, 11) is 1.81. The Labute approximate surface area is 79.2 Å². The number of aromatic nitrogens is 1. The van der Waals surface area contributed by atoms with E-state index in [1.165, 1.54) is 5.56 Å². The van der Waals surface area contributed by atoms with E-state index in [1.54, 1.807) is 11.6 Å². The number of pyridine rings is 1. The molecule has 0 fully saturated rings. The summed E-state index contributed by atoms with van der Waals surface area (Å²) in [6, 6.07) is 2.06. The Bertz CT molecular complexity index is 338. The number of nitrogens with zero attached hydrogens (tertiary/aromatic N) is 1. The topological polar surface area (TPSA) is 22.0 Å². The van der Waals surface area contributed by atoms with Crippen molar-refractivity contribution < 1.29 is 0 Å². The highest BCUT2D eigenvalue weighted by molar-refractivity contribution is 5.28. The molecule has 2 nitrogen and oxygen atoms in total. The smallest absolute Gasteiger partial charge is 0.253 e. The van der Waals surface area contributed by atoms with E-state index in [0.29, 0.717) is 0 Å². The second-order valence-corrected chi connectivity index (χ2v) is 3.09. The van der Waals surface area contributed by atoms with Gasteiger partial charge in [-0.25, -0.2) is 0 Å². The second-order valence-electron chi connectivity index (χ2n) is 3.09. The van der Waals surface area contributed by atoms with Crippen molar-refractivity contribution in [2.75, 3.05) is 0 Å². The Morgan fingerprint density at radius 3 is 2.69 bits per heavy atom. The summed E-state index contributed by atoms with van der Waals surface area (Å²) in [5, 5.41) is 0. The summed E-state index contributed by atoms with van der Waals surface area (Å²) in [5.74, 6) is 0. The highest BCUT2D eigenvalue weighted by Gasteiger charge is 2.13. The summed E-state index contributed by atoms with van der Waals surface area (Å²) in [5.41, 5.74) is 2.49. The zero-order valence-electron chi connectivity index (χ0n) is 8.63. The van der Waals surface area contributed by atoms with Gasteiger partial charge in [-0.1, -0.05) is 13.8 Å². The standard InChI is InChI=1S/C9H11NO.C2H6/c1-10-6-5-7-3-2-4-8(7)9(10)11;1-2/h5-6H,2-4H2,1H3;1-2H3. The van der Waals surface area contributed by atoms with E-state index in [9.17, 15) is 4.79 Å². The first-order valence-corrected chi connectivity index (χ1v) is 4.96. The van der Waals surface area contributed by atoms with E-state index in [-0.39, 0.29) is 5.56 Å². The molecule has 1 aliphatic rings. The number of hydrogen-bond acceptors (Lipinski definition) is 1. The van der Waals surface area contributed by atoms with E-state index in [1.807, 2.05) is 20.0 Å². The Kier molecular flexibility index (Phi) is 3.29. The molecule has 0 amide bonds. The predicted molar refractivity (Wildman–Crippen MR) is 55.1 cm³/mol. The summed E-state index contributed by atoms with van der Waals surface area (Å²) in [6.07, 6.45) is 5.06. The van der Waals surface area contributed by atoms with Gasteiger partial charge in [0, 0.05) is 18.8 Å². The zero-order valence-corrected chi connectivity index (χ0v) is 8.63.